The van der Waals surface area contributed by atoms with Crippen LogP contribution in [0.3, 0.4) is 0 Å². The molecule has 1 N–H and O–H groups in total. The Kier molecular flexibility index (Phi) is 3.20. The van der Waals surface area contributed by atoms with Gasteiger partial charge in [-0.05, 0) is 12.0 Å². The van der Waals surface area contributed by atoms with E-state index in [9.17, 15) is 0 Å². The number of imidazole rings is 1. The molecular weight excluding hydrogens is 280 g/mol. The van der Waals surface area contributed by atoms with Gasteiger partial charge in [0.2, 0.25) is 0 Å². The SMILES string of the molecule is c1cc2c(c(-c3cncn3CCc3cscn3)c1)NCC2. The molecule has 3 heterocycles. The molecule has 4 nitrogen and oxygen atoms in total. The molecule has 0 radical (unpaired) electrons. The molecule has 5 heteroatoms. The van der Waals surface area contributed by atoms with Gasteiger partial charge in [-0.1, -0.05) is 18.2 Å². The first-order valence-corrected chi connectivity index (χ1v) is 8.09. The van der Waals surface area contributed by atoms with Crippen LogP contribution in [0, 0.1) is 0 Å². The second-order valence-electron chi connectivity index (χ2n) is 5.22. The van der Waals surface area contributed by atoms with Crippen molar-refractivity contribution < 1.29 is 0 Å². The lowest BCUT2D eigenvalue weighted by Gasteiger charge is -2.11. The number of hydrogen-bond acceptors (Lipinski definition) is 4. The third kappa shape index (κ3) is 2.34. The minimum absolute atomic E-state index is 0.905. The number of fused-ring (bicyclic) bond motifs is 1. The number of nitrogens with zero attached hydrogens (tertiary/aromatic N) is 3. The predicted molar refractivity (Wildman–Crippen MR) is 85.7 cm³/mol. The van der Waals surface area contributed by atoms with Gasteiger partial charge >= 0.3 is 0 Å². The number of benzene rings is 1. The van der Waals surface area contributed by atoms with Gasteiger partial charge in [0.25, 0.3) is 0 Å². The monoisotopic (exact) mass is 296 g/mol. The van der Waals surface area contributed by atoms with Crippen molar-refractivity contribution in [2.75, 3.05) is 11.9 Å². The van der Waals surface area contributed by atoms with E-state index in [1.165, 1.54) is 22.5 Å². The van der Waals surface area contributed by atoms with E-state index in [1.807, 2.05) is 18.0 Å². The highest BCUT2D eigenvalue weighted by Gasteiger charge is 2.17. The van der Waals surface area contributed by atoms with Gasteiger partial charge in [-0.3, -0.25) is 0 Å². The molecule has 106 valence electrons. The average molecular weight is 296 g/mol. The lowest BCUT2D eigenvalue weighted by atomic mass is 10.1. The Bertz CT molecular complexity index is 745. The van der Waals surface area contributed by atoms with Crippen molar-refractivity contribution in [2.45, 2.75) is 19.4 Å². The molecule has 0 bridgehead atoms. The molecular formula is C16H16N4S. The Balaban J connectivity index is 1.65. The zero-order chi connectivity index (χ0) is 14.1. The number of rotatable bonds is 4. The molecule has 0 aliphatic carbocycles. The molecule has 1 aliphatic rings. The van der Waals surface area contributed by atoms with E-state index in [4.69, 9.17) is 0 Å². The van der Waals surface area contributed by atoms with Gasteiger partial charge in [0.05, 0.1) is 29.4 Å². The lowest BCUT2D eigenvalue weighted by Crippen LogP contribution is -2.03. The minimum atomic E-state index is 0.905. The van der Waals surface area contributed by atoms with Crippen molar-refractivity contribution in [3.8, 4) is 11.3 Å². The zero-order valence-electron chi connectivity index (χ0n) is 11.6. The first kappa shape index (κ1) is 12.6. The van der Waals surface area contributed by atoms with E-state index in [-0.39, 0.29) is 0 Å². The molecule has 0 spiro atoms. The molecule has 21 heavy (non-hydrogen) atoms. The van der Waals surface area contributed by atoms with Crippen LogP contribution in [0.2, 0.25) is 0 Å². The van der Waals surface area contributed by atoms with Gasteiger partial charge in [0.1, 0.15) is 0 Å². The highest BCUT2D eigenvalue weighted by molar-refractivity contribution is 7.07. The summed E-state index contributed by atoms with van der Waals surface area (Å²) in [5.41, 5.74) is 8.14. The topological polar surface area (TPSA) is 42.7 Å². The van der Waals surface area contributed by atoms with Gasteiger partial charge < -0.3 is 9.88 Å². The summed E-state index contributed by atoms with van der Waals surface area (Å²) in [5, 5.41) is 5.61. The number of para-hydroxylation sites is 1. The Morgan fingerprint density at radius 3 is 3.24 bits per heavy atom. The van der Waals surface area contributed by atoms with Crippen LogP contribution >= 0.6 is 11.3 Å². The number of hydrogen-bond donors (Lipinski definition) is 1. The largest absolute Gasteiger partial charge is 0.384 e. The molecule has 1 aromatic carbocycles. The van der Waals surface area contributed by atoms with Crippen LogP contribution in [-0.2, 0) is 19.4 Å². The summed E-state index contributed by atoms with van der Waals surface area (Å²) in [6, 6.07) is 6.52. The lowest BCUT2D eigenvalue weighted by molar-refractivity contribution is 0.693. The van der Waals surface area contributed by atoms with Crippen molar-refractivity contribution >= 4 is 17.0 Å². The second kappa shape index (κ2) is 5.33. The van der Waals surface area contributed by atoms with E-state index in [1.54, 1.807) is 11.3 Å². The number of anilines is 1. The van der Waals surface area contributed by atoms with Gasteiger partial charge in [-0.15, -0.1) is 11.3 Å². The summed E-state index contributed by atoms with van der Waals surface area (Å²) in [7, 11) is 0. The van der Waals surface area contributed by atoms with Crippen LogP contribution in [0.4, 0.5) is 5.69 Å². The summed E-state index contributed by atoms with van der Waals surface area (Å²) in [6.45, 7) is 1.93. The maximum Gasteiger partial charge on any atom is 0.0951 e. The van der Waals surface area contributed by atoms with Crippen molar-refractivity contribution in [1.82, 2.24) is 14.5 Å². The van der Waals surface area contributed by atoms with Crippen LogP contribution in [-0.4, -0.2) is 21.1 Å². The van der Waals surface area contributed by atoms with Crippen molar-refractivity contribution in [1.29, 1.82) is 0 Å². The first-order chi connectivity index (χ1) is 10.4. The van der Waals surface area contributed by atoms with Crippen LogP contribution in [0.15, 0.2) is 41.6 Å². The fraction of sp³-hybridized carbons (Fsp3) is 0.250. The smallest absolute Gasteiger partial charge is 0.0951 e. The quantitative estimate of drug-likeness (QED) is 0.804. The molecule has 0 saturated heterocycles. The van der Waals surface area contributed by atoms with Crippen LogP contribution in [0.5, 0.6) is 0 Å². The molecule has 0 unspecified atom stereocenters. The molecule has 0 fully saturated rings. The number of aryl methyl sites for hydroxylation is 2. The second-order valence-corrected chi connectivity index (χ2v) is 5.94. The van der Waals surface area contributed by atoms with Crippen molar-refractivity contribution in [3.63, 3.8) is 0 Å². The summed E-state index contributed by atoms with van der Waals surface area (Å²) < 4.78 is 2.22. The summed E-state index contributed by atoms with van der Waals surface area (Å²) >= 11 is 1.65. The normalized spacial score (nSPS) is 13.1. The van der Waals surface area contributed by atoms with E-state index in [0.717, 1.165) is 31.6 Å². The van der Waals surface area contributed by atoms with E-state index in [2.05, 4.69) is 43.4 Å². The summed E-state index contributed by atoms with van der Waals surface area (Å²) in [5.74, 6) is 0. The fourth-order valence-electron chi connectivity index (χ4n) is 2.87. The van der Waals surface area contributed by atoms with E-state index >= 15 is 0 Å². The van der Waals surface area contributed by atoms with Crippen molar-refractivity contribution in [3.05, 3.63) is 52.9 Å². The summed E-state index contributed by atoms with van der Waals surface area (Å²) in [4.78, 5) is 8.69. The standard InChI is InChI=1S/C16H16N4S/c1-2-12-4-6-18-16(12)14(3-1)15-8-17-10-20(15)7-5-13-9-21-11-19-13/h1-3,8-11,18H,4-7H2. The molecule has 0 saturated carbocycles. The van der Waals surface area contributed by atoms with Crippen LogP contribution in [0.25, 0.3) is 11.3 Å². The third-order valence-corrected chi connectivity index (χ3v) is 4.56. The molecule has 2 aromatic heterocycles. The minimum Gasteiger partial charge on any atom is -0.384 e. The Morgan fingerprint density at radius 1 is 1.33 bits per heavy atom. The Hall–Kier alpha value is -2.14. The first-order valence-electron chi connectivity index (χ1n) is 7.15. The molecule has 4 rings (SSSR count). The van der Waals surface area contributed by atoms with E-state index in [0.29, 0.717) is 0 Å². The molecule has 3 aromatic rings. The molecule has 0 atom stereocenters. The molecule has 0 amide bonds. The third-order valence-electron chi connectivity index (χ3n) is 3.93. The van der Waals surface area contributed by atoms with Gasteiger partial charge in [0.15, 0.2) is 0 Å². The number of nitrogens with one attached hydrogen (secondary N) is 1. The zero-order valence-corrected chi connectivity index (χ0v) is 12.4. The number of aromatic nitrogens is 3. The van der Waals surface area contributed by atoms with Gasteiger partial charge in [-0.2, -0.15) is 0 Å². The van der Waals surface area contributed by atoms with Crippen molar-refractivity contribution in [2.24, 2.45) is 0 Å². The maximum atomic E-state index is 4.35. The Morgan fingerprint density at radius 2 is 2.33 bits per heavy atom. The highest BCUT2D eigenvalue weighted by atomic mass is 32.1. The number of thiazole rings is 1. The van der Waals surface area contributed by atoms with Crippen LogP contribution < -0.4 is 5.32 Å². The average Bonchev–Trinajstić information content (AvgIpc) is 3.25. The van der Waals surface area contributed by atoms with Gasteiger partial charge in [0, 0.05) is 36.1 Å². The summed E-state index contributed by atoms with van der Waals surface area (Å²) in [6.07, 6.45) is 5.91. The maximum absolute atomic E-state index is 4.35. The molecule has 1 aliphatic heterocycles. The van der Waals surface area contributed by atoms with Gasteiger partial charge in [-0.25, -0.2) is 9.97 Å². The fourth-order valence-corrected chi connectivity index (χ4v) is 3.46. The highest BCUT2D eigenvalue weighted by Crippen LogP contribution is 2.34. The Labute approximate surface area is 127 Å². The van der Waals surface area contributed by atoms with E-state index < -0.39 is 0 Å². The predicted octanol–water partition coefficient (Wildman–Crippen LogP) is 3.22. The van der Waals surface area contributed by atoms with Crippen LogP contribution in [0.1, 0.15) is 11.3 Å².